The molecule has 0 saturated heterocycles. The van der Waals surface area contributed by atoms with E-state index in [0.29, 0.717) is 5.39 Å². The van der Waals surface area contributed by atoms with Crippen molar-refractivity contribution in [1.82, 2.24) is 4.90 Å². The molecule has 0 bridgehead atoms. The largest absolute Gasteiger partial charge is 0.507 e. The fourth-order valence-corrected chi connectivity index (χ4v) is 5.19. The number of benzene rings is 2. The van der Waals surface area contributed by atoms with Gasteiger partial charge in [-0.2, -0.15) is 0 Å². The van der Waals surface area contributed by atoms with E-state index in [1.54, 1.807) is 6.07 Å². The molecule has 2 unspecified atom stereocenters. The second-order valence-corrected chi connectivity index (χ2v) is 8.40. The summed E-state index contributed by atoms with van der Waals surface area (Å²) in [5, 5.41) is 44.1. The number of rotatable bonds is 2. The molecule has 164 valence electrons. The van der Waals surface area contributed by atoms with Gasteiger partial charge >= 0.3 is 0 Å². The number of likely N-dealkylation sites (N-methyl/N-ethyl adjacent to an activating group) is 1. The third kappa shape index (κ3) is 2.52. The molecule has 0 spiro atoms. The monoisotopic (exact) mass is 429 g/mol. The molecule has 1 fully saturated rings. The van der Waals surface area contributed by atoms with E-state index in [2.05, 4.69) is 0 Å². The Bertz CT molecular complexity index is 1160. The van der Waals surface area contributed by atoms with Gasteiger partial charge in [0.15, 0.2) is 23.1 Å². The number of nitrogens with two attached hydrogens (primary N) is 2. The minimum atomic E-state index is -2.59. The Morgan fingerprint density at radius 1 is 1.23 bits per heavy atom. The van der Waals surface area contributed by atoms with E-state index >= 15 is 0 Å². The lowest BCUT2D eigenvalue weighted by Gasteiger charge is -2.51. The predicted octanol–water partition coefficient (Wildman–Crippen LogP) is -1.05. The topological polar surface area (TPSA) is 187 Å². The van der Waals surface area contributed by atoms with E-state index in [0.717, 1.165) is 0 Å². The summed E-state index contributed by atoms with van der Waals surface area (Å²) in [5.41, 5.74) is 9.16. The van der Waals surface area contributed by atoms with Gasteiger partial charge in [0, 0.05) is 22.6 Å². The minimum Gasteiger partial charge on any atom is -0.507 e. The number of carbonyl (C=O) groups excluding carboxylic acids is 3. The van der Waals surface area contributed by atoms with Crippen LogP contribution >= 0.6 is 0 Å². The Labute approximate surface area is 176 Å². The molecule has 2 aliphatic rings. The number of carbonyl (C=O) groups is 3. The number of Topliss-reactive ketones (excluding diaryl/α,β-unsaturated/α-hetero) is 2. The lowest BCUT2D eigenvalue weighted by atomic mass is 9.57. The molecule has 10 nitrogen and oxygen atoms in total. The Kier molecular flexibility index (Phi) is 4.51. The van der Waals surface area contributed by atoms with Gasteiger partial charge in [-0.15, -0.1) is 0 Å². The molecule has 0 aromatic heterocycles. The average molecular weight is 429 g/mol. The number of aliphatic hydroxyl groups excluding tert-OH is 1. The number of primary amides is 1. The molecule has 31 heavy (non-hydrogen) atoms. The standard InChI is InChI=1S/C21H23N3O7/c1-24(2)15-9-6-8-12(16(26)11-7(14(8)22)4-3-5-10(11)25)18(28)21(9,31)19(29)13(17(15)27)20(23)30/h3-5,9,13,15,18,25-26,28,31H,6,22H2,1-2H3,(H2,23,30)/t9-,13?,15-,18?,21-/m0/s1. The maximum absolute atomic E-state index is 13.1. The SMILES string of the molecule is CN(C)[C@@H]1C(=O)C(C(N)=O)C(=O)[C@@]2(O)C(O)c3c(c(N)c4cccc(O)c4c3O)C[C@@H]12. The van der Waals surface area contributed by atoms with Crippen LogP contribution in [0.25, 0.3) is 10.8 Å². The van der Waals surface area contributed by atoms with E-state index in [9.17, 15) is 34.8 Å². The van der Waals surface area contributed by atoms with Gasteiger partial charge in [-0.3, -0.25) is 19.3 Å². The third-order valence-corrected chi connectivity index (χ3v) is 6.61. The first-order valence-electron chi connectivity index (χ1n) is 9.63. The van der Waals surface area contributed by atoms with Crippen molar-refractivity contribution in [3.63, 3.8) is 0 Å². The van der Waals surface area contributed by atoms with Crippen LogP contribution in [0.1, 0.15) is 17.2 Å². The van der Waals surface area contributed by atoms with E-state index in [1.165, 1.54) is 31.1 Å². The molecule has 0 heterocycles. The third-order valence-electron chi connectivity index (χ3n) is 6.61. The van der Waals surface area contributed by atoms with E-state index in [-0.39, 0.29) is 34.4 Å². The smallest absolute Gasteiger partial charge is 0.235 e. The first-order chi connectivity index (χ1) is 14.4. The summed E-state index contributed by atoms with van der Waals surface area (Å²) < 4.78 is 0. The molecule has 4 rings (SSSR count). The van der Waals surface area contributed by atoms with Crippen molar-refractivity contribution in [2.45, 2.75) is 24.2 Å². The van der Waals surface area contributed by atoms with Gasteiger partial charge in [0.25, 0.3) is 0 Å². The number of ketones is 2. The molecular formula is C21H23N3O7. The quantitative estimate of drug-likeness (QED) is 0.197. The molecule has 2 aliphatic carbocycles. The molecule has 1 amide bonds. The molecule has 5 atom stereocenters. The van der Waals surface area contributed by atoms with Crippen molar-refractivity contribution >= 4 is 33.9 Å². The Balaban J connectivity index is 2.05. The van der Waals surface area contributed by atoms with Gasteiger partial charge in [0.1, 0.15) is 17.6 Å². The van der Waals surface area contributed by atoms with E-state index in [1.807, 2.05) is 0 Å². The number of hydrogen-bond donors (Lipinski definition) is 6. The Morgan fingerprint density at radius 3 is 2.45 bits per heavy atom. The van der Waals surface area contributed by atoms with Crippen LogP contribution in [0.2, 0.25) is 0 Å². The van der Waals surface area contributed by atoms with Crippen LogP contribution < -0.4 is 11.5 Å². The number of nitrogen functional groups attached to an aromatic ring is 1. The number of phenols is 2. The fraction of sp³-hybridized carbons (Fsp3) is 0.381. The molecule has 0 aliphatic heterocycles. The Hall–Kier alpha value is -3.21. The highest BCUT2D eigenvalue weighted by atomic mass is 16.4. The van der Waals surface area contributed by atoms with Gasteiger partial charge in [-0.05, 0) is 32.1 Å². The molecule has 8 N–H and O–H groups in total. The number of nitrogens with zero attached hydrogens (tertiary/aromatic N) is 1. The zero-order valence-corrected chi connectivity index (χ0v) is 16.9. The normalized spacial score (nSPS) is 30.4. The van der Waals surface area contributed by atoms with Gasteiger partial charge in [0.2, 0.25) is 5.91 Å². The maximum Gasteiger partial charge on any atom is 0.235 e. The molecule has 2 aromatic carbocycles. The second kappa shape index (κ2) is 6.64. The number of amides is 1. The summed E-state index contributed by atoms with van der Waals surface area (Å²) in [7, 11) is 3.08. The van der Waals surface area contributed by atoms with Crippen LogP contribution in [0, 0.1) is 11.8 Å². The molecular weight excluding hydrogens is 406 g/mol. The van der Waals surface area contributed by atoms with E-state index in [4.69, 9.17) is 11.5 Å². The zero-order chi connectivity index (χ0) is 23.0. The number of anilines is 1. The summed E-state index contributed by atoms with van der Waals surface area (Å²) in [4.78, 5) is 39.5. The first-order valence-corrected chi connectivity index (χ1v) is 9.63. The van der Waals surface area contributed by atoms with Crippen molar-refractivity contribution in [2.24, 2.45) is 17.6 Å². The zero-order valence-electron chi connectivity index (χ0n) is 16.9. The second-order valence-electron chi connectivity index (χ2n) is 8.40. The van der Waals surface area contributed by atoms with Crippen LogP contribution in [0.5, 0.6) is 11.5 Å². The Morgan fingerprint density at radius 2 is 1.87 bits per heavy atom. The van der Waals surface area contributed by atoms with Crippen molar-refractivity contribution in [3.8, 4) is 11.5 Å². The van der Waals surface area contributed by atoms with Crippen molar-refractivity contribution in [3.05, 3.63) is 29.3 Å². The van der Waals surface area contributed by atoms with Crippen LogP contribution in [0.4, 0.5) is 5.69 Å². The molecule has 0 radical (unpaired) electrons. The summed E-state index contributed by atoms with van der Waals surface area (Å²) in [6.45, 7) is 0. The van der Waals surface area contributed by atoms with Crippen LogP contribution in [-0.4, -0.2) is 68.5 Å². The van der Waals surface area contributed by atoms with Crippen LogP contribution in [-0.2, 0) is 20.8 Å². The highest BCUT2D eigenvalue weighted by Crippen LogP contribution is 2.54. The lowest BCUT2D eigenvalue weighted by molar-refractivity contribution is -0.187. The van der Waals surface area contributed by atoms with Gasteiger partial charge in [0.05, 0.1) is 11.4 Å². The van der Waals surface area contributed by atoms with Gasteiger partial charge < -0.3 is 31.9 Å². The summed E-state index contributed by atoms with van der Waals surface area (Å²) in [6, 6.07) is 3.30. The summed E-state index contributed by atoms with van der Waals surface area (Å²) >= 11 is 0. The highest BCUT2D eigenvalue weighted by Gasteiger charge is 2.66. The van der Waals surface area contributed by atoms with Crippen molar-refractivity contribution in [2.75, 3.05) is 19.8 Å². The maximum atomic E-state index is 13.1. The average Bonchev–Trinajstić information content (AvgIpc) is 2.68. The molecule has 10 heteroatoms. The number of hydrogen-bond acceptors (Lipinski definition) is 9. The van der Waals surface area contributed by atoms with Crippen LogP contribution in [0.15, 0.2) is 18.2 Å². The number of fused-ring (bicyclic) bond motifs is 3. The number of aromatic hydroxyl groups is 2. The number of phenolic OH excluding ortho intramolecular Hbond substituents is 2. The van der Waals surface area contributed by atoms with Gasteiger partial charge in [-0.1, -0.05) is 12.1 Å². The van der Waals surface area contributed by atoms with Crippen molar-refractivity contribution < 1.29 is 34.8 Å². The van der Waals surface area contributed by atoms with Crippen LogP contribution in [0.3, 0.4) is 0 Å². The van der Waals surface area contributed by atoms with Gasteiger partial charge in [-0.25, -0.2) is 0 Å². The first kappa shape index (κ1) is 21.0. The molecule has 1 saturated carbocycles. The number of aliphatic hydroxyl groups is 2. The predicted molar refractivity (Wildman–Crippen MR) is 109 cm³/mol. The summed E-state index contributed by atoms with van der Waals surface area (Å²) in [6.07, 6.45) is -2.16. The van der Waals surface area contributed by atoms with E-state index < -0.39 is 52.8 Å². The summed E-state index contributed by atoms with van der Waals surface area (Å²) in [5.74, 6) is -7.17. The molecule has 2 aromatic rings. The lowest BCUT2D eigenvalue weighted by Crippen LogP contribution is -2.70. The highest BCUT2D eigenvalue weighted by molar-refractivity contribution is 6.24. The van der Waals surface area contributed by atoms with Crippen molar-refractivity contribution in [1.29, 1.82) is 0 Å². The minimum absolute atomic E-state index is 0.0465. The fourth-order valence-electron chi connectivity index (χ4n) is 5.19.